The third-order valence-electron chi connectivity index (χ3n) is 5.20. The number of carbonyl (C=O) groups is 1. The molecule has 1 N–H and O–H groups in total. The zero-order chi connectivity index (χ0) is 20.1. The van der Waals surface area contributed by atoms with E-state index in [0.29, 0.717) is 43.5 Å². The first-order valence-corrected chi connectivity index (χ1v) is 11.9. The van der Waals surface area contributed by atoms with Gasteiger partial charge < -0.3 is 9.80 Å². The SMILES string of the molecule is CCc1ccc(CN(C)C(=O)C[NH+]2CCN(S(=O)(=O)c3cccs3)CC2)cc1. The van der Waals surface area contributed by atoms with Crippen molar-refractivity contribution >= 4 is 27.3 Å². The molecule has 1 aliphatic rings. The number of piperazine rings is 1. The zero-order valence-corrected chi connectivity index (χ0v) is 18.1. The summed E-state index contributed by atoms with van der Waals surface area (Å²) in [6.45, 7) is 5.31. The van der Waals surface area contributed by atoms with Crippen LogP contribution in [0.4, 0.5) is 0 Å². The summed E-state index contributed by atoms with van der Waals surface area (Å²) in [5.41, 5.74) is 2.41. The van der Waals surface area contributed by atoms with E-state index in [-0.39, 0.29) is 5.91 Å². The van der Waals surface area contributed by atoms with Gasteiger partial charge in [0.05, 0.1) is 26.2 Å². The monoisotopic (exact) mass is 422 g/mol. The number of sulfonamides is 1. The van der Waals surface area contributed by atoms with Gasteiger partial charge in [0.25, 0.3) is 15.9 Å². The fourth-order valence-corrected chi connectivity index (χ4v) is 5.93. The Morgan fingerprint density at radius 1 is 1.14 bits per heavy atom. The summed E-state index contributed by atoms with van der Waals surface area (Å²) in [7, 11) is -1.56. The Morgan fingerprint density at radius 3 is 2.36 bits per heavy atom. The molecular formula is C20H28N3O3S2+. The second kappa shape index (κ2) is 9.17. The number of quaternary nitrogens is 1. The summed E-state index contributed by atoms with van der Waals surface area (Å²) < 4.78 is 27.1. The predicted octanol–water partition coefficient (Wildman–Crippen LogP) is 0.858. The van der Waals surface area contributed by atoms with Crippen LogP contribution < -0.4 is 4.90 Å². The van der Waals surface area contributed by atoms with Gasteiger partial charge in [-0.15, -0.1) is 11.3 Å². The van der Waals surface area contributed by atoms with Gasteiger partial charge in [-0.05, 0) is 29.0 Å². The van der Waals surface area contributed by atoms with Crippen molar-refractivity contribution in [1.82, 2.24) is 9.21 Å². The van der Waals surface area contributed by atoms with Crippen LogP contribution in [0, 0.1) is 0 Å². The van der Waals surface area contributed by atoms with Gasteiger partial charge in [-0.1, -0.05) is 37.3 Å². The van der Waals surface area contributed by atoms with Crippen LogP contribution in [0.15, 0.2) is 46.0 Å². The molecule has 2 aromatic rings. The zero-order valence-electron chi connectivity index (χ0n) is 16.4. The van der Waals surface area contributed by atoms with E-state index >= 15 is 0 Å². The van der Waals surface area contributed by atoms with Crippen molar-refractivity contribution in [3.8, 4) is 0 Å². The number of benzene rings is 1. The van der Waals surface area contributed by atoms with E-state index in [1.54, 1.807) is 22.4 Å². The lowest BCUT2D eigenvalue weighted by molar-refractivity contribution is -0.896. The first-order chi connectivity index (χ1) is 13.4. The first kappa shape index (κ1) is 21.0. The highest BCUT2D eigenvalue weighted by Crippen LogP contribution is 2.20. The number of hydrogen-bond acceptors (Lipinski definition) is 4. The number of rotatable bonds is 7. The summed E-state index contributed by atoms with van der Waals surface area (Å²) in [6.07, 6.45) is 1.01. The second-order valence-electron chi connectivity index (χ2n) is 7.18. The Labute approximate surface area is 171 Å². The molecule has 1 fully saturated rings. The highest BCUT2D eigenvalue weighted by molar-refractivity contribution is 7.91. The van der Waals surface area contributed by atoms with Gasteiger partial charge in [0, 0.05) is 13.6 Å². The average molecular weight is 423 g/mol. The Morgan fingerprint density at radius 2 is 1.79 bits per heavy atom. The molecule has 0 aliphatic carbocycles. The van der Waals surface area contributed by atoms with Crippen LogP contribution in [-0.4, -0.2) is 63.3 Å². The Bertz CT molecular complexity index is 872. The van der Waals surface area contributed by atoms with Crippen LogP contribution in [0.2, 0.25) is 0 Å². The molecular weight excluding hydrogens is 394 g/mol. The topological polar surface area (TPSA) is 62.1 Å². The van der Waals surface area contributed by atoms with Crippen LogP contribution in [0.3, 0.4) is 0 Å². The van der Waals surface area contributed by atoms with Gasteiger partial charge >= 0.3 is 0 Å². The molecule has 2 heterocycles. The highest BCUT2D eigenvalue weighted by Gasteiger charge is 2.32. The second-order valence-corrected chi connectivity index (χ2v) is 10.3. The first-order valence-electron chi connectivity index (χ1n) is 9.59. The number of hydrogen-bond donors (Lipinski definition) is 1. The van der Waals surface area contributed by atoms with E-state index in [1.165, 1.54) is 21.2 Å². The normalized spacial score (nSPS) is 16.2. The number of carbonyl (C=O) groups excluding carboxylic acids is 1. The van der Waals surface area contributed by atoms with Gasteiger partial charge in [0.2, 0.25) is 0 Å². The Hall–Kier alpha value is -1.74. The summed E-state index contributed by atoms with van der Waals surface area (Å²) in [5.74, 6) is 0.0872. The minimum Gasteiger partial charge on any atom is -0.337 e. The predicted molar refractivity (Wildman–Crippen MR) is 111 cm³/mol. The maximum Gasteiger partial charge on any atom is 0.277 e. The molecule has 0 atom stereocenters. The fraction of sp³-hybridized carbons (Fsp3) is 0.450. The molecule has 1 amide bonds. The molecule has 1 aromatic heterocycles. The summed E-state index contributed by atoms with van der Waals surface area (Å²) >= 11 is 1.24. The van der Waals surface area contributed by atoms with Crippen molar-refractivity contribution in [3.05, 3.63) is 52.9 Å². The molecule has 1 aliphatic heterocycles. The lowest BCUT2D eigenvalue weighted by Gasteiger charge is -2.31. The molecule has 3 rings (SSSR count). The minimum atomic E-state index is -3.39. The number of likely N-dealkylation sites (N-methyl/N-ethyl adjacent to an activating group) is 1. The molecule has 0 radical (unpaired) electrons. The van der Waals surface area contributed by atoms with Crippen LogP contribution in [0.25, 0.3) is 0 Å². The third kappa shape index (κ3) is 5.00. The highest BCUT2D eigenvalue weighted by atomic mass is 32.2. The van der Waals surface area contributed by atoms with Crippen LogP contribution in [-0.2, 0) is 27.8 Å². The van der Waals surface area contributed by atoms with Crippen LogP contribution in [0.5, 0.6) is 0 Å². The van der Waals surface area contributed by atoms with Crippen molar-refractivity contribution < 1.29 is 18.1 Å². The molecule has 0 spiro atoms. The van der Waals surface area contributed by atoms with Gasteiger partial charge in [-0.3, -0.25) is 4.79 Å². The number of aryl methyl sites for hydroxylation is 1. The molecule has 0 unspecified atom stereocenters. The van der Waals surface area contributed by atoms with Crippen molar-refractivity contribution in [1.29, 1.82) is 0 Å². The van der Waals surface area contributed by atoms with E-state index in [4.69, 9.17) is 0 Å². The molecule has 152 valence electrons. The van der Waals surface area contributed by atoms with Gasteiger partial charge in [-0.25, -0.2) is 8.42 Å². The lowest BCUT2D eigenvalue weighted by Crippen LogP contribution is -3.15. The van der Waals surface area contributed by atoms with Crippen molar-refractivity contribution in [2.45, 2.75) is 24.1 Å². The van der Waals surface area contributed by atoms with Gasteiger partial charge in [0.1, 0.15) is 4.21 Å². The molecule has 28 heavy (non-hydrogen) atoms. The fourth-order valence-electron chi connectivity index (χ4n) is 3.35. The average Bonchev–Trinajstić information content (AvgIpc) is 3.25. The molecule has 1 aromatic carbocycles. The summed E-state index contributed by atoms with van der Waals surface area (Å²) in [5, 5.41) is 1.78. The number of amides is 1. The van der Waals surface area contributed by atoms with Crippen molar-refractivity contribution in [3.63, 3.8) is 0 Å². The molecule has 0 saturated carbocycles. The van der Waals surface area contributed by atoms with E-state index < -0.39 is 10.0 Å². The standard InChI is InChI=1S/C20H27N3O3S2/c1-3-17-6-8-18(9-7-17)15-21(2)19(24)16-22-10-12-23(13-11-22)28(25,26)20-5-4-14-27-20/h4-9,14H,3,10-13,15-16H2,1-2H3/p+1. The largest absolute Gasteiger partial charge is 0.337 e. The summed E-state index contributed by atoms with van der Waals surface area (Å²) in [6, 6.07) is 11.7. The third-order valence-corrected chi connectivity index (χ3v) is 8.47. The molecule has 8 heteroatoms. The smallest absolute Gasteiger partial charge is 0.277 e. The molecule has 1 saturated heterocycles. The molecule has 6 nitrogen and oxygen atoms in total. The van der Waals surface area contributed by atoms with Gasteiger partial charge in [-0.2, -0.15) is 4.31 Å². The van der Waals surface area contributed by atoms with E-state index in [1.807, 2.05) is 7.05 Å². The quantitative estimate of drug-likeness (QED) is 0.720. The lowest BCUT2D eigenvalue weighted by atomic mass is 10.1. The maximum atomic E-state index is 12.6. The summed E-state index contributed by atoms with van der Waals surface area (Å²) in [4.78, 5) is 15.5. The van der Waals surface area contributed by atoms with E-state index in [9.17, 15) is 13.2 Å². The Kier molecular flexibility index (Phi) is 6.87. The van der Waals surface area contributed by atoms with Crippen molar-refractivity contribution in [2.24, 2.45) is 0 Å². The number of nitrogens with zero attached hydrogens (tertiary/aromatic N) is 2. The number of thiophene rings is 1. The van der Waals surface area contributed by atoms with Crippen LogP contribution >= 0.6 is 11.3 Å². The van der Waals surface area contributed by atoms with E-state index in [0.717, 1.165) is 16.9 Å². The van der Waals surface area contributed by atoms with Crippen molar-refractivity contribution in [2.75, 3.05) is 39.8 Å². The minimum absolute atomic E-state index is 0.0872. The van der Waals surface area contributed by atoms with Crippen LogP contribution in [0.1, 0.15) is 18.1 Å². The maximum absolute atomic E-state index is 12.6. The molecule has 0 bridgehead atoms. The number of nitrogens with one attached hydrogen (secondary N) is 1. The van der Waals surface area contributed by atoms with E-state index in [2.05, 4.69) is 31.2 Å². The Balaban J connectivity index is 1.49. The van der Waals surface area contributed by atoms with Gasteiger partial charge in [0.15, 0.2) is 6.54 Å².